The van der Waals surface area contributed by atoms with Gasteiger partial charge in [0.05, 0.1) is 22.0 Å². The van der Waals surface area contributed by atoms with Crippen molar-refractivity contribution in [3.05, 3.63) is 65.4 Å². The molecular formula is C25H24N4O2S. The number of nitrogens with zero attached hydrogens (tertiary/aromatic N) is 3. The highest BCUT2D eigenvalue weighted by molar-refractivity contribution is 7.20. The molecule has 1 N–H and O–H groups in total. The predicted octanol–water partition coefficient (Wildman–Crippen LogP) is 5.59. The molecule has 6 nitrogen and oxygen atoms in total. The minimum atomic E-state index is -0.0977. The van der Waals surface area contributed by atoms with Crippen molar-refractivity contribution in [2.24, 2.45) is 0 Å². The lowest BCUT2D eigenvalue weighted by molar-refractivity contribution is -0.116. The molecule has 32 heavy (non-hydrogen) atoms. The van der Waals surface area contributed by atoms with Crippen LogP contribution in [0.5, 0.6) is 5.75 Å². The van der Waals surface area contributed by atoms with Gasteiger partial charge in [-0.05, 0) is 50.8 Å². The fraction of sp³-hybridized carbons (Fsp3) is 0.320. The van der Waals surface area contributed by atoms with Crippen molar-refractivity contribution >= 4 is 33.3 Å². The number of rotatable bonds is 4. The Hall–Kier alpha value is -3.19. The summed E-state index contributed by atoms with van der Waals surface area (Å²) < 4.78 is 9.30. The van der Waals surface area contributed by atoms with Gasteiger partial charge < -0.3 is 10.1 Å². The van der Waals surface area contributed by atoms with Gasteiger partial charge in [0.2, 0.25) is 11.0 Å². The second-order valence-electron chi connectivity index (χ2n) is 8.59. The molecule has 1 atom stereocenters. The Bertz CT molecular complexity index is 1290. The molecule has 0 spiro atoms. The lowest BCUT2D eigenvalue weighted by Crippen LogP contribution is -2.25. The Balaban J connectivity index is 1.45. The molecule has 0 unspecified atom stereocenters. The first-order valence-electron chi connectivity index (χ1n) is 11.2. The van der Waals surface area contributed by atoms with E-state index in [0.717, 1.165) is 56.6 Å². The monoisotopic (exact) mass is 444 g/mol. The summed E-state index contributed by atoms with van der Waals surface area (Å²) in [5, 5.41) is 8.64. The number of aromatic nitrogens is 3. The van der Waals surface area contributed by atoms with Crippen molar-refractivity contribution in [1.29, 1.82) is 0 Å². The van der Waals surface area contributed by atoms with E-state index < -0.39 is 0 Å². The maximum Gasteiger partial charge on any atom is 0.226 e. The molecule has 2 aliphatic rings. The number of para-hydroxylation sites is 2. The van der Waals surface area contributed by atoms with Crippen LogP contribution in [0.25, 0.3) is 15.3 Å². The van der Waals surface area contributed by atoms with Crippen LogP contribution < -0.4 is 10.1 Å². The molecule has 4 aromatic rings. The summed E-state index contributed by atoms with van der Waals surface area (Å²) in [5.74, 6) is 1.50. The number of thiazole rings is 1. The van der Waals surface area contributed by atoms with Crippen LogP contribution in [0.2, 0.25) is 0 Å². The Kier molecular flexibility index (Phi) is 4.72. The van der Waals surface area contributed by atoms with E-state index in [0.29, 0.717) is 6.42 Å². The number of carbonyl (C=O) groups excluding carboxylic acids is 1. The molecular weight excluding hydrogens is 420 g/mol. The second kappa shape index (κ2) is 7.74. The maximum atomic E-state index is 12.8. The highest BCUT2D eigenvalue weighted by Crippen LogP contribution is 2.44. The fourth-order valence-electron chi connectivity index (χ4n) is 4.96. The molecule has 1 saturated carbocycles. The van der Waals surface area contributed by atoms with Gasteiger partial charge >= 0.3 is 0 Å². The molecule has 2 aromatic carbocycles. The lowest BCUT2D eigenvalue weighted by Gasteiger charge is -2.26. The molecule has 1 aliphatic carbocycles. The second-order valence-corrected chi connectivity index (χ2v) is 9.60. The summed E-state index contributed by atoms with van der Waals surface area (Å²) in [4.78, 5) is 17.6. The number of nitrogens with one attached hydrogen (secondary N) is 1. The van der Waals surface area contributed by atoms with Gasteiger partial charge in [-0.1, -0.05) is 41.7 Å². The predicted molar refractivity (Wildman–Crippen MR) is 126 cm³/mol. The summed E-state index contributed by atoms with van der Waals surface area (Å²) in [6.07, 6.45) is 5.27. The zero-order valence-corrected chi connectivity index (χ0v) is 18.7. The highest BCUT2D eigenvalue weighted by Gasteiger charge is 2.35. The molecule has 1 amide bonds. The first-order chi connectivity index (χ1) is 15.7. The van der Waals surface area contributed by atoms with Crippen LogP contribution in [0, 0.1) is 6.92 Å². The van der Waals surface area contributed by atoms with Crippen LogP contribution >= 0.6 is 11.3 Å². The van der Waals surface area contributed by atoms with E-state index in [2.05, 4.69) is 17.4 Å². The number of ether oxygens (including phenoxy) is 1. The van der Waals surface area contributed by atoms with Gasteiger partial charge in [0.25, 0.3) is 0 Å². The Morgan fingerprint density at radius 2 is 1.88 bits per heavy atom. The van der Waals surface area contributed by atoms with Gasteiger partial charge in [0, 0.05) is 23.5 Å². The lowest BCUT2D eigenvalue weighted by atomic mass is 9.85. The van der Waals surface area contributed by atoms with Crippen LogP contribution in [-0.4, -0.2) is 26.8 Å². The van der Waals surface area contributed by atoms with Crippen molar-refractivity contribution in [3.8, 4) is 10.9 Å². The zero-order chi connectivity index (χ0) is 21.7. The maximum absolute atomic E-state index is 12.8. The number of anilines is 1. The van der Waals surface area contributed by atoms with Crippen molar-refractivity contribution in [2.45, 2.75) is 51.0 Å². The van der Waals surface area contributed by atoms with Gasteiger partial charge in [-0.3, -0.25) is 4.79 Å². The van der Waals surface area contributed by atoms with Crippen molar-refractivity contribution < 1.29 is 9.53 Å². The molecule has 0 saturated heterocycles. The topological polar surface area (TPSA) is 69.0 Å². The average Bonchev–Trinajstić information content (AvgIpc) is 3.52. The number of hydrogen-bond acceptors (Lipinski definition) is 5. The third kappa shape index (κ3) is 3.28. The normalized spacial score (nSPS) is 18.7. The summed E-state index contributed by atoms with van der Waals surface area (Å²) in [6, 6.07) is 16.2. The first kappa shape index (κ1) is 19.5. The molecule has 1 aliphatic heterocycles. The van der Waals surface area contributed by atoms with Crippen LogP contribution in [0.3, 0.4) is 0 Å². The summed E-state index contributed by atoms with van der Waals surface area (Å²) in [7, 11) is 0. The average molecular weight is 445 g/mol. The molecule has 6 rings (SSSR count). The largest absolute Gasteiger partial charge is 0.490 e. The Morgan fingerprint density at radius 3 is 2.72 bits per heavy atom. The fourth-order valence-corrected chi connectivity index (χ4v) is 5.89. The molecule has 1 fully saturated rings. The molecule has 162 valence electrons. The van der Waals surface area contributed by atoms with E-state index >= 15 is 0 Å². The molecule has 0 bridgehead atoms. The van der Waals surface area contributed by atoms with Gasteiger partial charge in [-0.15, -0.1) is 0 Å². The van der Waals surface area contributed by atoms with Crippen molar-refractivity contribution in [2.75, 3.05) is 5.32 Å². The number of benzene rings is 2. The van der Waals surface area contributed by atoms with Gasteiger partial charge in [-0.2, -0.15) is 9.78 Å². The van der Waals surface area contributed by atoms with Crippen LogP contribution in [0.1, 0.15) is 54.8 Å². The van der Waals surface area contributed by atoms with Crippen LogP contribution in [0.15, 0.2) is 48.5 Å². The van der Waals surface area contributed by atoms with Crippen molar-refractivity contribution in [1.82, 2.24) is 14.8 Å². The van der Waals surface area contributed by atoms with E-state index in [9.17, 15) is 4.79 Å². The summed E-state index contributed by atoms with van der Waals surface area (Å²) in [6.45, 7) is 2.01. The first-order valence-corrected chi connectivity index (χ1v) is 12.0. The minimum Gasteiger partial charge on any atom is -0.490 e. The highest BCUT2D eigenvalue weighted by atomic mass is 32.1. The Morgan fingerprint density at radius 1 is 1.09 bits per heavy atom. The smallest absolute Gasteiger partial charge is 0.226 e. The van der Waals surface area contributed by atoms with E-state index in [1.54, 1.807) is 16.0 Å². The standard InChI is InChI=1S/C25H24N4O2S/c1-15-23-18(17-10-4-6-12-20(17)31-16-8-2-3-9-16)14-22(30)27-24(23)29(28-15)25-26-19-11-5-7-13-21(19)32-25/h4-7,10-13,16,18H,2-3,8-9,14H2,1H3,(H,27,30)/t18-/m0/s1. The minimum absolute atomic E-state index is 0.0135. The van der Waals surface area contributed by atoms with E-state index in [1.165, 1.54) is 12.8 Å². The zero-order valence-electron chi connectivity index (χ0n) is 17.9. The third-order valence-corrected chi connectivity index (χ3v) is 7.47. The Labute approximate surface area is 190 Å². The number of hydrogen-bond donors (Lipinski definition) is 1. The SMILES string of the molecule is Cc1nn(-c2nc3ccccc3s2)c2c1[C@H](c1ccccc1OC1CCCC1)CC(=O)N2. The molecule has 7 heteroatoms. The van der Waals surface area contributed by atoms with Crippen LogP contribution in [0.4, 0.5) is 5.82 Å². The number of aryl methyl sites for hydroxylation is 1. The third-order valence-electron chi connectivity index (χ3n) is 6.46. The summed E-state index contributed by atoms with van der Waals surface area (Å²) >= 11 is 1.57. The number of carbonyl (C=O) groups is 1. The molecule has 2 aromatic heterocycles. The van der Waals surface area contributed by atoms with E-state index in [4.69, 9.17) is 14.8 Å². The van der Waals surface area contributed by atoms with Gasteiger partial charge in [0.1, 0.15) is 11.6 Å². The quantitative estimate of drug-likeness (QED) is 0.446. The van der Waals surface area contributed by atoms with E-state index in [-0.39, 0.29) is 17.9 Å². The van der Waals surface area contributed by atoms with E-state index in [1.807, 2.05) is 43.3 Å². The summed E-state index contributed by atoms with van der Waals surface area (Å²) in [5.41, 5.74) is 3.94. The molecule has 3 heterocycles. The number of fused-ring (bicyclic) bond motifs is 2. The number of amides is 1. The van der Waals surface area contributed by atoms with Crippen LogP contribution in [-0.2, 0) is 4.79 Å². The molecule has 0 radical (unpaired) electrons. The van der Waals surface area contributed by atoms with Gasteiger partial charge in [0.15, 0.2) is 0 Å². The van der Waals surface area contributed by atoms with Gasteiger partial charge in [-0.25, -0.2) is 4.98 Å². The van der Waals surface area contributed by atoms with Crippen molar-refractivity contribution in [3.63, 3.8) is 0 Å².